The smallest absolute Gasteiger partial charge is 1.00 e. The van der Waals surface area contributed by atoms with E-state index in [0.29, 0.717) is 18.3 Å². The molecule has 0 heterocycles. The van der Waals surface area contributed by atoms with E-state index in [9.17, 15) is 0 Å². The van der Waals surface area contributed by atoms with Gasteiger partial charge in [0.25, 0.3) is 0 Å². The van der Waals surface area contributed by atoms with Crippen LogP contribution < -0.4 is 20.1 Å². The van der Waals surface area contributed by atoms with Gasteiger partial charge in [-0.3, -0.25) is 0 Å². The Kier molecular flexibility index (Phi) is 13.3. The maximum atomic E-state index is 5.40. The molecule has 4 nitrogen and oxygen atoms in total. The van der Waals surface area contributed by atoms with E-state index in [1.54, 1.807) is 0 Å². The van der Waals surface area contributed by atoms with Gasteiger partial charge in [0.05, 0.1) is 13.2 Å². The Bertz CT molecular complexity index is 566. The van der Waals surface area contributed by atoms with Gasteiger partial charge in [-0.2, -0.15) is 0 Å². The molecule has 0 aliphatic carbocycles. The van der Waals surface area contributed by atoms with Crippen molar-refractivity contribution in [2.75, 3.05) is 23.8 Å². The van der Waals surface area contributed by atoms with Crippen LogP contribution in [0.2, 0.25) is 0 Å². The van der Waals surface area contributed by atoms with E-state index in [-0.39, 0.29) is 73.5 Å². The predicted octanol–water partition coefficient (Wildman–Crippen LogP) is 4.13. The Balaban J connectivity index is -0.00000132. The minimum Gasteiger partial charge on any atom is -1.00 e. The normalized spacial score (nSPS) is 9.08. The molecule has 0 aliphatic heterocycles. The van der Waals surface area contributed by atoms with Gasteiger partial charge in [-0.05, 0) is 74.6 Å². The fourth-order valence-corrected chi connectivity index (χ4v) is 2.13. The van der Waals surface area contributed by atoms with Gasteiger partial charge >= 0.3 is 48.9 Å². The molecule has 2 aromatic rings. The van der Waals surface area contributed by atoms with Gasteiger partial charge in [-0.1, -0.05) is 0 Å². The van der Waals surface area contributed by atoms with E-state index in [4.69, 9.17) is 21.7 Å². The fraction of sp³-hybridized carbons (Fsp3) is 0.235. The van der Waals surface area contributed by atoms with Crippen LogP contribution in [0.4, 0.5) is 11.4 Å². The van der Waals surface area contributed by atoms with Crippen molar-refractivity contribution in [2.45, 2.75) is 13.8 Å². The molecule has 2 aromatic carbocycles. The number of thiocarbonyl (C=S) groups is 1. The first-order chi connectivity index (χ1) is 10.7. The molecule has 0 aromatic heterocycles. The molecular weight excluding hydrogens is 481 g/mol. The summed E-state index contributed by atoms with van der Waals surface area (Å²) in [7, 11) is 0. The first kappa shape index (κ1) is 24.0. The Morgan fingerprint density at radius 3 is 1.46 bits per heavy atom. The molecule has 0 unspecified atom stereocenters. The van der Waals surface area contributed by atoms with Crippen molar-refractivity contribution in [1.82, 2.24) is 0 Å². The number of anilines is 2. The minimum atomic E-state index is 0. The van der Waals surface area contributed by atoms with Crippen LogP contribution in [0.5, 0.6) is 11.5 Å². The van der Waals surface area contributed by atoms with E-state index in [2.05, 4.69) is 10.6 Å². The molecule has 0 amide bonds. The van der Waals surface area contributed by atoms with Gasteiger partial charge in [0.2, 0.25) is 0 Å². The molecule has 0 saturated heterocycles. The standard InChI is InChI=1S/C17H20N2O2S.Ba.Ti.2H/c1-3-20-15-9-5-13(6-10-15)18-17(22)19-14-7-11-16(12-8-14)21-4-2;;;;/h5-12H,3-4H2,1-2H3,(H2,18,19,22);;;;/q;+2;;2*-1. The number of hydrogen-bond donors (Lipinski definition) is 2. The van der Waals surface area contributed by atoms with Gasteiger partial charge in [0, 0.05) is 33.1 Å². The molecule has 7 heteroatoms. The van der Waals surface area contributed by atoms with Crippen molar-refractivity contribution >= 4 is 77.6 Å². The predicted molar refractivity (Wildman–Crippen MR) is 103 cm³/mol. The Morgan fingerprint density at radius 1 is 0.833 bits per heavy atom. The topological polar surface area (TPSA) is 42.5 Å². The Morgan fingerprint density at radius 2 is 1.17 bits per heavy atom. The Hall–Kier alpha value is 0.0157. The van der Waals surface area contributed by atoms with E-state index in [1.807, 2.05) is 62.4 Å². The minimum absolute atomic E-state index is 0. The van der Waals surface area contributed by atoms with Gasteiger partial charge in [0.15, 0.2) is 5.11 Å². The van der Waals surface area contributed by atoms with E-state index in [1.165, 1.54) is 0 Å². The molecule has 0 aliphatic rings. The van der Waals surface area contributed by atoms with Crippen LogP contribution in [0, 0.1) is 0 Å². The maximum Gasteiger partial charge on any atom is 2.00 e. The fourth-order valence-electron chi connectivity index (χ4n) is 1.90. The zero-order valence-corrected chi connectivity index (χ0v) is 20.8. The average Bonchev–Trinajstić information content (AvgIpc) is 2.52. The van der Waals surface area contributed by atoms with Crippen molar-refractivity contribution in [3.8, 4) is 11.5 Å². The summed E-state index contributed by atoms with van der Waals surface area (Å²) in [5, 5.41) is 6.80. The number of ether oxygens (including phenoxy) is 2. The van der Waals surface area contributed by atoms with Crippen molar-refractivity contribution < 1.29 is 34.0 Å². The summed E-state index contributed by atoms with van der Waals surface area (Å²) in [4.78, 5) is 0. The molecule has 24 heavy (non-hydrogen) atoms. The maximum absolute atomic E-state index is 5.40. The monoisotopic (exact) mass is 504 g/mol. The third-order valence-corrected chi connectivity index (χ3v) is 3.05. The Labute approximate surface area is 207 Å². The zero-order valence-electron chi connectivity index (χ0n) is 16.0. The molecule has 124 valence electrons. The van der Waals surface area contributed by atoms with Crippen LogP contribution in [0.3, 0.4) is 0 Å². The van der Waals surface area contributed by atoms with Crippen molar-refractivity contribution in [3.05, 3.63) is 48.5 Å². The molecule has 0 saturated carbocycles. The van der Waals surface area contributed by atoms with Gasteiger partial charge < -0.3 is 23.0 Å². The summed E-state index contributed by atoms with van der Waals surface area (Å²) < 4.78 is 10.8. The molecule has 0 bridgehead atoms. The molecular formula is C17H22BaN2O2STi. The number of hydrogen-bond acceptors (Lipinski definition) is 3. The second-order valence-electron chi connectivity index (χ2n) is 4.49. The zero-order chi connectivity index (χ0) is 15.8. The van der Waals surface area contributed by atoms with Crippen LogP contribution in [0.1, 0.15) is 16.7 Å². The molecule has 0 spiro atoms. The number of rotatable bonds is 6. The first-order valence-electron chi connectivity index (χ1n) is 7.25. The van der Waals surface area contributed by atoms with Gasteiger partial charge in [0.1, 0.15) is 11.5 Å². The van der Waals surface area contributed by atoms with Crippen molar-refractivity contribution in [3.63, 3.8) is 0 Å². The van der Waals surface area contributed by atoms with Crippen LogP contribution in [-0.4, -0.2) is 67.2 Å². The van der Waals surface area contributed by atoms with Crippen molar-refractivity contribution in [2.24, 2.45) is 0 Å². The molecule has 0 radical (unpaired) electrons. The van der Waals surface area contributed by atoms with E-state index < -0.39 is 0 Å². The second kappa shape index (κ2) is 13.3. The number of nitrogens with one attached hydrogen (secondary N) is 2. The summed E-state index contributed by atoms with van der Waals surface area (Å²) in [6.07, 6.45) is 0. The molecule has 2 N–H and O–H groups in total. The summed E-state index contributed by atoms with van der Waals surface area (Å²) in [5.74, 6) is 1.69. The van der Waals surface area contributed by atoms with Crippen molar-refractivity contribution in [1.29, 1.82) is 0 Å². The summed E-state index contributed by atoms with van der Waals surface area (Å²) in [5.41, 5.74) is 1.82. The average molecular weight is 504 g/mol. The first-order valence-corrected chi connectivity index (χ1v) is 7.65. The van der Waals surface area contributed by atoms with Crippen LogP contribution in [0.15, 0.2) is 48.5 Å². The van der Waals surface area contributed by atoms with Crippen LogP contribution in [0.25, 0.3) is 0 Å². The SMILES string of the molecule is CCOc1ccc(NC(=S)Nc2ccc(OCC)cc2)cc1.[Ba+2].[H-].[H-].[Ti]. The van der Waals surface area contributed by atoms with Crippen LogP contribution >= 0.6 is 12.2 Å². The molecule has 0 fully saturated rings. The summed E-state index contributed by atoms with van der Waals surface area (Å²) >= 11 is 5.30. The summed E-state index contributed by atoms with van der Waals surface area (Å²) in [6, 6.07) is 15.3. The van der Waals surface area contributed by atoms with Gasteiger partial charge in [-0.15, -0.1) is 0 Å². The van der Waals surface area contributed by atoms with Crippen LogP contribution in [-0.2, 0) is 21.7 Å². The van der Waals surface area contributed by atoms with Gasteiger partial charge in [-0.25, -0.2) is 0 Å². The summed E-state index contributed by atoms with van der Waals surface area (Å²) in [6.45, 7) is 5.24. The quantitative estimate of drug-likeness (QED) is 0.458. The van der Waals surface area contributed by atoms with E-state index >= 15 is 0 Å². The molecule has 0 atom stereocenters. The third-order valence-electron chi connectivity index (χ3n) is 2.85. The largest absolute Gasteiger partial charge is 2.00 e. The van der Waals surface area contributed by atoms with E-state index in [0.717, 1.165) is 22.9 Å². The molecule has 2 rings (SSSR count). The number of benzene rings is 2. The second-order valence-corrected chi connectivity index (χ2v) is 4.90. The third kappa shape index (κ3) is 8.40.